The summed E-state index contributed by atoms with van der Waals surface area (Å²) in [5, 5.41) is 9.38. The molecule has 3 heteroatoms. The summed E-state index contributed by atoms with van der Waals surface area (Å²) in [6.07, 6.45) is 5.90. The number of carbonyl (C=O) groups is 1. The SMILES string of the molecule is CN(C(=O)c1cccc(O)c1)C1CCCCC1. The van der Waals surface area contributed by atoms with Crippen LogP contribution < -0.4 is 0 Å². The molecule has 2 rings (SSSR count). The molecule has 1 aromatic carbocycles. The molecule has 17 heavy (non-hydrogen) atoms. The molecule has 0 radical (unpaired) electrons. The van der Waals surface area contributed by atoms with E-state index in [-0.39, 0.29) is 11.7 Å². The highest BCUT2D eigenvalue weighted by atomic mass is 16.3. The van der Waals surface area contributed by atoms with E-state index in [1.54, 1.807) is 18.2 Å². The number of nitrogens with zero attached hydrogens (tertiary/aromatic N) is 1. The molecule has 1 aromatic rings. The van der Waals surface area contributed by atoms with Gasteiger partial charge in [-0.15, -0.1) is 0 Å². The van der Waals surface area contributed by atoms with Crippen molar-refractivity contribution in [2.24, 2.45) is 0 Å². The summed E-state index contributed by atoms with van der Waals surface area (Å²) < 4.78 is 0. The molecule has 0 spiro atoms. The normalized spacial score (nSPS) is 16.8. The Morgan fingerprint density at radius 1 is 1.29 bits per heavy atom. The predicted octanol–water partition coefficient (Wildman–Crippen LogP) is 2.80. The van der Waals surface area contributed by atoms with E-state index in [0.717, 1.165) is 12.8 Å². The minimum atomic E-state index is 0.00722. The minimum Gasteiger partial charge on any atom is -0.508 e. The Kier molecular flexibility index (Phi) is 3.67. The Bertz CT molecular complexity index is 397. The molecular weight excluding hydrogens is 214 g/mol. The molecule has 0 atom stereocenters. The van der Waals surface area contributed by atoms with E-state index in [9.17, 15) is 9.90 Å². The van der Waals surface area contributed by atoms with Gasteiger partial charge in [0.25, 0.3) is 5.91 Å². The van der Waals surface area contributed by atoms with E-state index in [1.807, 2.05) is 11.9 Å². The molecule has 0 aliphatic heterocycles. The maximum atomic E-state index is 12.2. The van der Waals surface area contributed by atoms with Crippen LogP contribution in [0.3, 0.4) is 0 Å². The first-order chi connectivity index (χ1) is 8.18. The monoisotopic (exact) mass is 233 g/mol. The number of phenols is 1. The van der Waals surface area contributed by atoms with E-state index in [2.05, 4.69) is 0 Å². The molecular formula is C14H19NO2. The molecule has 1 amide bonds. The van der Waals surface area contributed by atoms with Gasteiger partial charge in [-0.2, -0.15) is 0 Å². The summed E-state index contributed by atoms with van der Waals surface area (Å²) in [5.74, 6) is 0.153. The third kappa shape index (κ3) is 2.78. The van der Waals surface area contributed by atoms with Gasteiger partial charge in [0, 0.05) is 18.7 Å². The van der Waals surface area contributed by atoms with Crippen molar-refractivity contribution in [1.82, 2.24) is 4.90 Å². The Labute approximate surface area is 102 Å². The van der Waals surface area contributed by atoms with Gasteiger partial charge in [-0.25, -0.2) is 0 Å². The van der Waals surface area contributed by atoms with Crippen LogP contribution in [-0.2, 0) is 0 Å². The van der Waals surface area contributed by atoms with Gasteiger partial charge < -0.3 is 10.0 Å². The van der Waals surface area contributed by atoms with E-state index in [0.29, 0.717) is 11.6 Å². The molecule has 1 fully saturated rings. The quantitative estimate of drug-likeness (QED) is 0.853. The van der Waals surface area contributed by atoms with Crippen molar-refractivity contribution < 1.29 is 9.90 Å². The molecule has 0 saturated heterocycles. The van der Waals surface area contributed by atoms with Gasteiger partial charge >= 0.3 is 0 Å². The lowest BCUT2D eigenvalue weighted by molar-refractivity contribution is 0.0696. The lowest BCUT2D eigenvalue weighted by Crippen LogP contribution is -2.38. The lowest BCUT2D eigenvalue weighted by atomic mass is 9.94. The predicted molar refractivity (Wildman–Crippen MR) is 67.1 cm³/mol. The zero-order valence-electron chi connectivity index (χ0n) is 10.2. The van der Waals surface area contributed by atoms with Crippen LogP contribution in [-0.4, -0.2) is 29.0 Å². The average Bonchev–Trinajstić information content (AvgIpc) is 2.38. The minimum absolute atomic E-state index is 0.00722. The number of rotatable bonds is 2. The van der Waals surface area contributed by atoms with Gasteiger partial charge in [0.2, 0.25) is 0 Å². The molecule has 1 N–H and O–H groups in total. The molecule has 1 aliphatic rings. The average molecular weight is 233 g/mol. The summed E-state index contributed by atoms with van der Waals surface area (Å²) in [4.78, 5) is 14.0. The number of amides is 1. The fraction of sp³-hybridized carbons (Fsp3) is 0.500. The van der Waals surface area contributed by atoms with Crippen molar-refractivity contribution in [3.8, 4) is 5.75 Å². The fourth-order valence-corrected chi connectivity index (χ4v) is 2.48. The summed E-state index contributed by atoms with van der Waals surface area (Å²) >= 11 is 0. The van der Waals surface area contributed by atoms with Gasteiger partial charge in [-0.1, -0.05) is 25.3 Å². The number of hydrogen-bond donors (Lipinski definition) is 1. The smallest absolute Gasteiger partial charge is 0.253 e. The number of hydrogen-bond acceptors (Lipinski definition) is 2. The summed E-state index contributed by atoms with van der Waals surface area (Å²) in [6, 6.07) is 6.93. The molecule has 0 bridgehead atoms. The van der Waals surface area contributed by atoms with Crippen molar-refractivity contribution in [3.63, 3.8) is 0 Å². The molecule has 0 aromatic heterocycles. The van der Waals surface area contributed by atoms with E-state index >= 15 is 0 Å². The topological polar surface area (TPSA) is 40.5 Å². The zero-order chi connectivity index (χ0) is 12.3. The number of carbonyl (C=O) groups excluding carboxylic acids is 1. The van der Waals surface area contributed by atoms with Gasteiger partial charge in [-0.3, -0.25) is 4.79 Å². The zero-order valence-corrected chi connectivity index (χ0v) is 10.2. The van der Waals surface area contributed by atoms with E-state index in [4.69, 9.17) is 0 Å². The highest BCUT2D eigenvalue weighted by Gasteiger charge is 2.22. The Morgan fingerprint density at radius 3 is 2.65 bits per heavy atom. The largest absolute Gasteiger partial charge is 0.508 e. The van der Waals surface area contributed by atoms with Crippen molar-refractivity contribution in [3.05, 3.63) is 29.8 Å². The first kappa shape index (κ1) is 12.0. The van der Waals surface area contributed by atoms with E-state index < -0.39 is 0 Å². The molecule has 1 saturated carbocycles. The second-order valence-corrected chi connectivity index (χ2v) is 4.76. The molecule has 92 valence electrons. The van der Waals surface area contributed by atoms with Crippen LogP contribution in [0.25, 0.3) is 0 Å². The highest BCUT2D eigenvalue weighted by Crippen LogP contribution is 2.23. The summed E-state index contributed by atoms with van der Waals surface area (Å²) in [5.41, 5.74) is 0.568. The Balaban J connectivity index is 2.08. The van der Waals surface area contributed by atoms with Crippen LogP contribution in [0.4, 0.5) is 0 Å². The summed E-state index contributed by atoms with van der Waals surface area (Å²) in [6.45, 7) is 0. The lowest BCUT2D eigenvalue weighted by Gasteiger charge is -2.31. The molecule has 0 unspecified atom stereocenters. The van der Waals surface area contributed by atoms with Crippen LogP contribution in [0, 0.1) is 0 Å². The van der Waals surface area contributed by atoms with Crippen LogP contribution in [0.5, 0.6) is 5.75 Å². The fourth-order valence-electron chi connectivity index (χ4n) is 2.48. The highest BCUT2D eigenvalue weighted by molar-refractivity contribution is 5.94. The van der Waals surface area contributed by atoms with Crippen molar-refractivity contribution >= 4 is 5.91 Å². The van der Waals surface area contributed by atoms with Gasteiger partial charge in [-0.05, 0) is 31.0 Å². The third-order valence-corrected chi connectivity index (χ3v) is 3.54. The maximum Gasteiger partial charge on any atom is 0.253 e. The van der Waals surface area contributed by atoms with Crippen LogP contribution >= 0.6 is 0 Å². The Hall–Kier alpha value is -1.51. The van der Waals surface area contributed by atoms with Crippen molar-refractivity contribution in [1.29, 1.82) is 0 Å². The first-order valence-corrected chi connectivity index (χ1v) is 6.24. The number of aromatic hydroxyl groups is 1. The van der Waals surface area contributed by atoms with E-state index in [1.165, 1.54) is 25.3 Å². The molecule has 3 nitrogen and oxygen atoms in total. The molecule has 1 aliphatic carbocycles. The summed E-state index contributed by atoms with van der Waals surface area (Å²) in [7, 11) is 1.86. The second-order valence-electron chi connectivity index (χ2n) is 4.76. The first-order valence-electron chi connectivity index (χ1n) is 6.24. The number of phenolic OH excluding ortho intramolecular Hbond substituents is 1. The van der Waals surface area contributed by atoms with Gasteiger partial charge in [0.15, 0.2) is 0 Å². The van der Waals surface area contributed by atoms with Gasteiger partial charge in [0.05, 0.1) is 0 Å². The molecule has 0 heterocycles. The van der Waals surface area contributed by atoms with Crippen molar-refractivity contribution in [2.75, 3.05) is 7.05 Å². The van der Waals surface area contributed by atoms with Gasteiger partial charge in [0.1, 0.15) is 5.75 Å². The Morgan fingerprint density at radius 2 is 2.00 bits per heavy atom. The number of benzene rings is 1. The van der Waals surface area contributed by atoms with Crippen LogP contribution in [0.1, 0.15) is 42.5 Å². The third-order valence-electron chi connectivity index (χ3n) is 3.54. The standard InChI is InChI=1S/C14H19NO2/c1-15(12-7-3-2-4-8-12)14(17)11-6-5-9-13(16)10-11/h5-6,9-10,12,16H,2-4,7-8H2,1H3. The van der Waals surface area contributed by atoms with Crippen LogP contribution in [0.2, 0.25) is 0 Å². The van der Waals surface area contributed by atoms with Crippen molar-refractivity contribution in [2.45, 2.75) is 38.1 Å². The second kappa shape index (κ2) is 5.21. The maximum absolute atomic E-state index is 12.2. The van der Waals surface area contributed by atoms with Crippen LogP contribution in [0.15, 0.2) is 24.3 Å².